The summed E-state index contributed by atoms with van der Waals surface area (Å²) in [5.41, 5.74) is 0. The van der Waals surface area contributed by atoms with Gasteiger partial charge in [-0.2, -0.15) is 0 Å². The van der Waals surface area contributed by atoms with Gasteiger partial charge in [0, 0.05) is 25.7 Å². The first kappa shape index (κ1) is 16.0. The second-order valence-corrected chi connectivity index (χ2v) is 5.86. The molecule has 1 heterocycles. The van der Waals surface area contributed by atoms with Gasteiger partial charge in [0.25, 0.3) is 0 Å². The zero-order chi connectivity index (χ0) is 14.7. The first-order valence-electron chi connectivity index (χ1n) is 7.00. The number of carbonyl (C=O) groups excluding carboxylic acids is 1. The highest BCUT2D eigenvalue weighted by atomic mass is 16.4. The van der Waals surface area contributed by atoms with Crippen molar-refractivity contribution < 1.29 is 14.7 Å². The Bertz CT molecular complexity index is 336. The summed E-state index contributed by atoms with van der Waals surface area (Å²) in [7, 11) is 1.68. The molecule has 1 rings (SSSR count). The SMILES string of the molecule is CC(CN(C)C(=O)C(C)N1C(C)CCC1C)C(=O)O. The minimum Gasteiger partial charge on any atom is -0.481 e. The van der Waals surface area contributed by atoms with Crippen molar-refractivity contribution in [1.29, 1.82) is 0 Å². The van der Waals surface area contributed by atoms with Gasteiger partial charge < -0.3 is 10.0 Å². The Hall–Kier alpha value is -1.10. The second-order valence-electron chi connectivity index (χ2n) is 5.86. The molecule has 1 N–H and O–H groups in total. The summed E-state index contributed by atoms with van der Waals surface area (Å²) in [5.74, 6) is -1.39. The lowest BCUT2D eigenvalue weighted by atomic mass is 10.1. The van der Waals surface area contributed by atoms with Crippen molar-refractivity contribution in [2.75, 3.05) is 13.6 Å². The molecule has 5 heteroatoms. The fourth-order valence-corrected chi connectivity index (χ4v) is 3.00. The van der Waals surface area contributed by atoms with Gasteiger partial charge in [0.1, 0.15) is 0 Å². The first-order valence-corrected chi connectivity index (χ1v) is 7.00. The monoisotopic (exact) mass is 270 g/mol. The zero-order valence-corrected chi connectivity index (χ0v) is 12.6. The van der Waals surface area contributed by atoms with Crippen LogP contribution in [0.4, 0.5) is 0 Å². The number of rotatable bonds is 5. The van der Waals surface area contributed by atoms with Gasteiger partial charge in [0.05, 0.1) is 12.0 Å². The number of nitrogens with zero attached hydrogens (tertiary/aromatic N) is 2. The van der Waals surface area contributed by atoms with Gasteiger partial charge in [-0.15, -0.1) is 0 Å². The maximum Gasteiger partial charge on any atom is 0.308 e. The Balaban J connectivity index is 2.63. The van der Waals surface area contributed by atoms with E-state index in [1.165, 1.54) is 0 Å². The van der Waals surface area contributed by atoms with Crippen LogP contribution in [0.25, 0.3) is 0 Å². The average molecular weight is 270 g/mol. The average Bonchev–Trinajstić information content (AvgIpc) is 2.66. The molecule has 0 radical (unpaired) electrons. The largest absolute Gasteiger partial charge is 0.481 e. The minimum atomic E-state index is -0.866. The lowest BCUT2D eigenvalue weighted by Gasteiger charge is -2.34. The maximum absolute atomic E-state index is 12.4. The molecule has 19 heavy (non-hydrogen) atoms. The van der Waals surface area contributed by atoms with Gasteiger partial charge in [-0.3, -0.25) is 14.5 Å². The summed E-state index contributed by atoms with van der Waals surface area (Å²) in [6.45, 7) is 8.09. The van der Waals surface area contributed by atoms with Crippen LogP contribution in [-0.4, -0.2) is 58.5 Å². The number of amides is 1. The van der Waals surface area contributed by atoms with E-state index >= 15 is 0 Å². The zero-order valence-electron chi connectivity index (χ0n) is 12.6. The van der Waals surface area contributed by atoms with Crippen molar-refractivity contribution in [3.05, 3.63) is 0 Å². The molecule has 0 aromatic rings. The molecule has 0 spiro atoms. The van der Waals surface area contributed by atoms with E-state index in [0.717, 1.165) is 12.8 Å². The molecular weight excluding hydrogens is 244 g/mol. The molecule has 0 saturated carbocycles. The third-order valence-corrected chi connectivity index (χ3v) is 4.17. The fraction of sp³-hybridized carbons (Fsp3) is 0.857. The highest BCUT2D eigenvalue weighted by Crippen LogP contribution is 2.26. The van der Waals surface area contributed by atoms with Gasteiger partial charge in [0.15, 0.2) is 0 Å². The van der Waals surface area contributed by atoms with Crippen molar-refractivity contribution in [2.24, 2.45) is 5.92 Å². The van der Waals surface area contributed by atoms with Crippen molar-refractivity contribution in [3.8, 4) is 0 Å². The predicted molar refractivity (Wildman–Crippen MR) is 73.9 cm³/mol. The minimum absolute atomic E-state index is 0.00806. The molecule has 1 aliphatic rings. The molecule has 110 valence electrons. The van der Waals surface area contributed by atoms with Crippen LogP contribution in [0.5, 0.6) is 0 Å². The standard InChI is InChI=1S/C14H26N2O3/c1-9(14(18)19)8-15(5)13(17)12(4)16-10(2)6-7-11(16)3/h9-12H,6-8H2,1-5H3,(H,18,19). The van der Waals surface area contributed by atoms with E-state index in [1.54, 1.807) is 18.9 Å². The summed E-state index contributed by atoms with van der Waals surface area (Å²) in [4.78, 5) is 27.0. The van der Waals surface area contributed by atoms with Crippen LogP contribution < -0.4 is 0 Å². The molecule has 1 fully saturated rings. The van der Waals surface area contributed by atoms with Crippen molar-refractivity contribution in [1.82, 2.24) is 9.80 Å². The van der Waals surface area contributed by atoms with Crippen LogP contribution in [0.2, 0.25) is 0 Å². The third-order valence-electron chi connectivity index (χ3n) is 4.17. The first-order chi connectivity index (χ1) is 8.75. The number of likely N-dealkylation sites (tertiary alicyclic amines) is 1. The molecular formula is C14H26N2O3. The molecule has 1 saturated heterocycles. The summed E-state index contributed by atoms with van der Waals surface area (Å²) >= 11 is 0. The highest BCUT2D eigenvalue weighted by molar-refractivity contribution is 5.82. The van der Waals surface area contributed by atoms with Gasteiger partial charge in [-0.05, 0) is 33.6 Å². The van der Waals surface area contributed by atoms with Gasteiger partial charge in [0.2, 0.25) is 5.91 Å². The van der Waals surface area contributed by atoms with Crippen molar-refractivity contribution in [2.45, 2.75) is 58.7 Å². The van der Waals surface area contributed by atoms with Gasteiger partial charge >= 0.3 is 5.97 Å². The molecule has 0 bridgehead atoms. The number of hydrogen-bond acceptors (Lipinski definition) is 3. The quantitative estimate of drug-likeness (QED) is 0.821. The van der Waals surface area contributed by atoms with Crippen LogP contribution >= 0.6 is 0 Å². The molecule has 0 aromatic heterocycles. The Morgan fingerprint density at radius 1 is 1.26 bits per heavy atom. The highest BCUT2D eigenvalue weighted by Gasteiger charge is 2.35. The Morgan fingerprint density at radius 3 is 2.16 bits per heavy atom. The van der Waals surface area contributed by atoms with E-state index in [4.69, 9.17) is 5.11 Å². The van der Waals surface area contributed by atoms with Crippen LogP contribution in [-0.2, 0) is 9.59 Å². The number of carboxylic acid groups (broad SMARTS) is 1. The van der Waals surface area contributed by atoms with Crippen molar-refractivity contribution >= 4 is 11.9 Å². The van der Waals surface area contributed by atoms with Gasteiger partial charge in [-0.25, -0.2) is 0 Å². The maximum atomic E-state index is 12.4. The van der Waals surface area contributed by atoms with E-state index in [0.29, 0.717) is 12.1 Å². The molecule has 0 aromatic carbocycles. The van der Waals surface area contributed by atoms with Crippen LogP contribution in [0.1, 0.15) is 40.5 Å². The molecule has 5 nitrogen and oxygen atoms in total. The Kier molecular flexibility index (Phi) is 5.35. The summed E-state index contributed by atoms with van der Waals surface area (Å²) in [6, 6.07) is 0.650. The number of carbonyl (C=O) groups is 2. The topological polar surface area (TPSA) is 60.9 Å². The lowest BCUT2D eigenvalue weighted by molar-refractivity contribution is -0.143. The van der Waals surface area contributed by atoms with E-state index in [2.05, 4.69) is 18.7 Å². The summed E-state index contributed by atoms with van der Waals surface area (Å²) in [5, 5.41) is 8.90. The molecule has 4 atom stereocenters. The van der Waals surface area contributed by atoms with Crippen molar-refractivity contribution in [3.63, 3.8) is 0 Å². The normalized spacial score (nSPS) is 27.0. The molecule has 0 aliphatic carbocycles. The van der Waals surface area contributed by atoms with Crippen LogP contribution in [0.15, 0.2) is 0 Å². The fourth-order valence-electron chi connectivity index (χ4n) is 3.00. The Labute approximate surface area is 115 Å². The molecule has 1 aliphatic heterocycles. The van der Waals surface area contributed by atoms with E-state index < -0.39 is 11.9 Å². The van der Waals surface area contributed by atoms with Gasteiger partial charge in [-0.1, -0.05) is 6.92 Å². The number of carboxylic acids is 1. The van der Waals surface area contributed by atoms with E-state index in [1.807, 2.05) is 6.92 Å². The van der Waals surface area contributed by atoms with E-state index in [-0.39, 0.29) is 18.5 Å². The Morgan fingerprint density at radius 2 is 1.74 bits per heavy atom. The second kappa shape index (κ2) is 6.37. The smallest absolute Gasteiger partial charge is 0.308 e. The van der Waals surface area contributed by atoms with Crippen LogP contribution in [0, 0.1) is 5.92 Å². The summed E-state index contributed by atoms with van der Waals surface area (Å²) in [6.07, 6.45) is 2.24. The molecule has 4 unspecified atom stereocenters. The third kappa shape index (κ3) is 3.69. The lowest BCUT2D eigenvalue weighted by Crippen LogP contribution is -2.50. The number of aliphatic carboxylic acids is 1. The number of likely N-dealkylation sites (N-methyl/N-ethyl adjacent to an activating group) is 1. The van der Waals surface area contributed by atoms with Crippen LogP contribution in [0.3, 0.4) is 0 Å². The summed E-state index contributed by atoms with van der Waals surface area (Å²) < 4.78 is 0. The van der Waals surface area contributed by atoms with E-state index in [9.17, 15) is 9.59 Å². The molecule has 1 amide bonds. The predicted octanol–water partition coefficient (Wildman–Crippen LogP) is 1.43. The number of hydrogen-bond donors (Lipinski definition) is 1.